The van der Waals surface area contributed by atoms with Crippen LogP contribution in [0.4, 0.5) is 5.82 Å². The third-order valence-corrected chi connectivity index (χ3v) is 4.17. The van der Waals surface area contributed by atoms with Crippen molar-refractivity contribution < 1.29 is 9.53 Å². The largest absolute Gasteiger partial charge is 0.480 e. The number of halogens is 2. The molecule has 2 rings (SSSR count). The summed E-state index contributed by atoms with van der Waals surface area (Å²) in [6.07, 6.45) is 1.09. The summed E-state index contributed by atoms with van der Waals surface area (Å²) in [7, 11) is 3.83. The monoisotopic (exact) mass is 411 g/mol. The molecule has 1 amide bonds. The van der Waals surface area contributed by atoms with E-state index in [4.69, 9.17) is 16.3 Å². The van der Waals surface area contributed by atoms with E-state index in [9.17, 15) is 4.79 Å². The van der Waals surface area contributed by atoms with Gasteiger partial charge in [-0.2, -0.15) is 0 Å². The van der Waals surface area contributed by atoms with E-state index < -0.39 is 6.10 Å². The Morgan fingerprint density at radius 2 is 2.17 bits per heavy atom. The Kier molecular flexibility index (Phi) is 6.45. The number of anilines is 1. The molecule has 0 saturated carbocycles. The molecule has 24 heavy (non-hydrogen) atoms. The minimum atomic E-state index is -0.637. The van der Waals surface area contributed by atoms with E-state index in [1.165, 1.54) is 0 Å². The normalized spacial score (nSPS) is 11.7. The van der Waals surface area contributed by atoms with Gasteiger partial charge in [-0.05, 0) is 47.1 Å². The molecule has 0 aliphatic rings. The van der Waals surface area contributed by atoms with Gasteiger partial charge in [-0.3, -0.25) is 4.79 Å². The van der Waals surface area contributed by atoms with E-state index in [1.54, 1.807) is 31.3 Å². The summed E-state index contributed by atoms with van der Waals surface area (Å²) in [4.78, 5) is 18.5. The van der Waals surface area contributed by atoms with E-state index in [0.29, 0.717) is 21.8 Å². The average Bonchev–Trinajstić information content (AvgIpc) is 2.55. The fourth-order valence-electron chi connectivity index (χ4n) is 2.11. The second-order valence-corrected chi connectivity index (χ2v) is 6.72. The third kappa shape index (κ3) is 4.85. The van der Waals surface area contributed by atoms with E-state index in [2.05, 4.69) is 26.2 Å². The highest BCUT2D eigenvalue weighted by Gasteiger charge is 2.16. The third-order valence-electron chi connectivity index (χ3n) is 3.31. The Morgan fingerprint density at radius 1 is 1.42 bits per heavy atom. The number of carbonyl (C=O) groups is 1. The first-order valence-electron chi connectivity index (χ1n) is 7.39. The van der Waals surface area contributed by atoms with Gasteiger partial charge >= 0.3 is 0 Å². The zero-order valence-corrected chi connectivity index (χ0v) is 16.1. The number of ether oxygens (including phenoxy) is 1. The quantitative estimate of drug-likeness (QED) is 0.787. The molecule has 0 fully saturated rings. The van der Waals surface area contributed by atoms with Gasteiger partial charge in [0.25, 0.3) is 5.91 Å². The topological polar surface area (TPSA) is 54.5 Å². The second-order valence-electron chi connectivity index (χ2n) is 5.43. The molecule has 1 aromatic heterocycles. The summed E-state index contributed by atoms with van der Waals surface area (Å²) >= 11 is 9.27. The number of nitrogens with zero attached hydrogens (tertiary/aromatic N) is 2. The number of benzene rings is 1. The number of pyridine rings is 1. The maximum atomic E-state index is 12.3. The van der Waals surface area contributed by atoms with Crippen molar-refractivity contribution >= 4 is 39.3 Å². The number of rotatable bonds is 6. The minimum absolute atomic E-state index is 0.203. The van der Waals surface area contributed by atoms with Crippen molar-refractivity contribution in [1.82, 2.24) is 10.3 Å². The van der Waals surface area contributed by atoms with Gasteiger partial charge in [0.2, 0.25) is 0 Å². The van der Waals surface area contributed by atoms with E-state index in [-0.39, 0.29) is 5.91 Å². The molecule has 0 radical (unpaired) electrons. The van der Waals surface area contributed by atoms with Crippen molar-refractivity contribution in [3.8, 4) is 5.75 Å². The predicted molar refractivity (Wildman–Crippen MR) is 99.7 cm³/mol. The lowest BCUT2D eigenvalue weighted by Crippen LogP contribution is -2.36. The summed E-state index contributed by atoms with van der Waals surface area (Å²) in [5.41, 5.74) is 0.940. The second kappa shape index (κ2) is 8.35. The molecular weight excluding hydrogens is 394 g/mol. The summed E-state index contributed by atoms with van der Waals surface area (Å²) in [6.45, 7) is 2.09. The predicted octanol–water partition coefficient (Wildman–Crippen LogP) is 3.65. The lowest BCUT2D eigenvalue weighted by Gasteiger charge is -2.18. The molecule has 5 nitrogen and oxygen atoms in total. The summed E-state index contributed by atoms with van der Waals surface area (Å²) in [5.74, 6) is 1.19. The average molecular weight is 413 g/mol. The number of amides is 1. The maximum Gasteiger partial charge on any atom is 0.261 e. The molecule has 128 valence electrons. The molecule has 0 aliphatic heterocycles. The van der Waals surface area contributed by atoms with Crippen molar-refractivity contribution in [3.63, 3.8) is 0 Å². The Bertz CT molecular complexity index is 725. The van der Waals surface area contributed by atoms with Crippen molar-refractivity contribution in [3.05, 3.63) is 51.6 Å². The van der Waals surface area contributed by atoms with Crippen LogP contribution in [-0.4, -0.2) is 31.1 Å². The van der Waals surface area contributed by atoms with Crippen LogP contribution >= 0.6 is 27.5 Å². The fourth-order valence-corrected chi connectivity index (χ4v) is 2.89. The van der Waals surface area contributed by atoms with E-state index >= 15 is 0 Å². The Labute approximate surface area is 155 Å². The number of aromatic nitrogens is 1. The highest BCUT2D eigenvalue weighted by Crippen LogP contribution is 2.28. The van der Waals surface area contributed by atoms with Crippen molar-refractivity contribution in [1.29, 1.82) is 0 Å². The molecule has 1 unspecified atom stereocenters. The van der Waals surface area contributed by atoms with Crippen LogP contribution in [0, 0.1) is 0 Å². The van der Waals surface area contributed by atoms with Gasteiger partial charge in [-0.25, -0.2) is 4.98 Å². The molecule has 0 bridgehead atoms. The van der Waals surface area contributed by atoms with Crippen molar-refractivity contribution in [2.75, 3.05) is 19.0 Å². The molecule has 2 aromatic rings. The van der Waals surface area contributed by atoms with Crippen molar-refractivity contribution in [2.45, 2.75) is 19.6 Å². The van der Waals surface area contributed by atoms with Gasteiger partial charge in [-0.1, -0.05) is 17.7 Å². The van der Waals surface area contributed by atoms with E-state index in [0.717, 1.165) is 11.4 Å². The minimum Gasteiger partial charge on any atom is -0.480 e. The van der Waals surface area contributed by atoms with Crippen LogP contribution in [0.25, 0.3) is 0 Å². The molecule has 1 N–H and O–H groups in total. The van der Waals surface area contributed by atoms with Gasteiger partial charge in [0.05, 0.1) is 4.47 Å². The smallest absolute Gasteiger partial charge is 0.261 e. The highest BCUT2D eigenvalue weighted by molar-refractivity contribution is 9.10. The molecular formula is C17H19BrClN3O2. The number of nitrogens with one attached hydrogen (secondary N) is 1. The zero-order valence-electron chi connectivity index (χ0n) is 13.7. The number of carbonyl (C=O) groups excluding carboxylic acids is 1. The van der Waals surface area contributed by atoms with Crippen LogP contribution in [0.3, 0.4) is 0 Å². The first kappa shape index (κ1) is 18.5. The molecule has 0 spiro atoms. The van der Waals surface area contributed by atoms with Crippen LogP contribution in [0.1, 0.15) is 12.5 Å². The van der Waals surface area contributed by atoms with Crippen LogP contribution in [0.5, 0.6) is 5.75 Å². The lowest BCUT2D eigenvalue weighted by atomic mass is 10.2. The number of hydrogen-bond acceptors (Lipinski definition) is 4. The Hall–Kier alpha value is -1.79. The maximum absolute atomic E-state index is 12.3. The molecule has 0 saturated heterocycles. The van der Waals surface area contributed by atoms with E-state index in [1.807, 2.05) is 31.1 Å². The standard InChI is InChI=1S/C17H19BrClN3O2/c1-11(24-15-7-6-13(19)9-14(15)18)17(23)21-10-12-5-4-8-20-16(12)22(2)3/h4-9,11H,10H2,1-3H3,(H,21,23). The lowest BCUT2D eigenvalue weighted by molar-refractivity contribution is -0.127. The Balaban J connectivity index is 1.97. The van der Waals surface area contributed by atoms with Crippen LogP contribution in [0.15, 0.2) is 41.0 Å². The zero-order chi connectivity index (χ0) is 17.7. The van der Waals surface area contributed by atoms with Gasteiger partial charge in [0.1, 0.15) is 11.6 Å². The van der Waals surface area contributed by atoms with Crippen LogP contribution < -0.4 is 15.0 Å². The van der Waals surface area contributed by atoms with Crippen molar-refractivity contribution in [2.24, 2.45) is 0 Å². The summed E-state index contributed by atoms with van der Waals surface area (Å²) < 4.78 is 6.39. The van der Waals surface area contributed by atoms with Gasteiger partial charge in [0, 0.05) is 37.4 Å². The molecule has 0 aliphatic carbocycles. The SMILES string of the molecule is CC(Oc1ccc(Cl)cc1Br)C(=O)NCc1cccnc1N(C)C. The fraction of sp³-hybridized carbons (Fsp3) is 0.294. The van der Waals surface area contributed by atoms with Gasteiger partial charge in [-0.15, -0.1) is 0 Å². The molecule has 7 heteroatoms. The first-order chi connectivity index (χ1) is 11.4. The van der Waals surface area contributed by atoms with Gasteiger partial charge < -0.3 is 15.0 Å². The highest BCUT2D eigenvalue weighted by atomic mass is 79.9. The number of hydrogen-bond donors (Lipinski definition) is 1. The Morgan fingerprint density at radius 3 is 2.83 bits per heavy atom. The van der Waals surface area contributed by atoms with Crippen LogP contribution in [0.2, 0.25) is 5.02 Å². The summed E-state index contributed by atoms with van der Waals surface area (Å²) in [6, 6.07) is 8.94. The van der Waals surface area contributed by atoms with Gasteiger partial charge in [0.15, 0.2) is 6.10 Å². The van der Waals surface area contributed by atoms with Crippen LogP contribution in [-0.2, 0) is 11.3 Å². The molecule has 1 aromatic carbocycles. The first-order valence-corrected chi connectivity index (χ1v) is 8.56. The molecule has 1 heterocycles. The molecule has 1 atom stereocenters. The summed E-state index contributed by atoms with van der Waals surface area (Å²) in [5, 5.41) is 3.47.